The summed E-state index contributed by atoms with van der Waals surface area (Å²) in [5.74, 6) is -0.898. The topological polar surface area (TPSA) is 92.8 Å². The van der Waals surface area contributed by atoms with Crippen LogP contribution in [0.1, 0.15) is 64.3 Å². The maximum absolute atomic E-state index is 14.0. The molecule has 0 radical (unpaired) electrons. The van der Waals surface area contributed by atoms with Gasteiger partial charge in [0.2, 0.25) is 5.91 Å². The molecule has 0 bridgehead atoms. The molecule has 4 atom stereocenters. The van der Waals surface area contributed by atoms with E-state index >= 15 is 0 Å². The molecule has 0 aromatic heterocycles. The molecule has 202 valence electrons. The first-order chi connectivity index (χ1) is 17.2. The number of rotatable bonds is 8. The fourth-order valence-electron chi connectivity index (χ4n) is 4.38. The summed E-state index contributed by atoms with van der Waals surface area (Å²) < 4.78 is 32.0. The van der Waals surface area contributed by atoms with Crippen LogP contribution in [0.2, 0.25) is 10.0 Å². The molecule has 2 aromatic carbocycles. The molecule has 37 heavy (non-hydrogen) atoms. The van der Waals surface area contributed by atoms with Gasteiger partial charge in [-0.25, -0.2) is 8.42 Å². The maximum Gasteiger partial charge on any atom is 0.254 e. The molecule has 1 aliphatic heterocycles. The van der Waals surface area contributed by atoms with Crippen molar-refractivity contribution in [2.75, 3.05) is 12.3 Å². The number of halogens is 2. The zero-order valence-electron chi connectivity index (χ0n) is 21.7. The molecular weight excluding hydrogens is 535 g/mol. The zero-order chi connectivity index (χ0) is 27.5. The van der Waals surface area contributed by atoms with E-state index in [0.29, 0.717) is 16.5 Å². The molecule has 0 spiro atoms. The van der Waals surface area contributed by atoms with Gasteiger partial charge in [0.05, 0.1) is 23.1 Å². The molecule has 2 aromatic rings. The Balaban J connectivity index is 2.19. The van der Waals surface area contributed by atoms with Gasteiger partial charge >= 0.3 is 0 Å². The first-order valence-electron chi connectivity index (χ1n) is 12.2. The summed E-state index contributed by atoms with van der Waals surface area (Å²) >= 11 is 12.5. The molecule has 1 N–H and O–H groups in total. The lowest BCUT2D eigenvalue weighted by molar-refractivity contribution is -0.178. The summed E-state index contributed by atoms with van der Waals surface area (Å²) in [4.78, 5) is 27.3. The van der Waals surface area contributed by atoms with Crippen LogP contribution < -0.4 is 5.32 Å². The van der Waals surface area contributed by atoms with Gasteiger partial charge in [-0.15, -0.1) is 0 Å². The van der Waals surface area contributed by atoms with Gasteiger partial charge in [0, 0.05) is 23.0 Å². The van der Waals surface area contributed by atoms with E-state index in [2.05, 4.69) is 5.32 Å². The summed E-state index contributed by atoms with van der Waals surface area (Å²) in [5.41, 5.74) is 1.47. The predicted molar refractivity (Wildman–Crippen MR) is 146 cm³/mol. The van der Waals surface area contributed by atoms with Crippen LogP contribution in [0.15, 0.2) is 48.5 Å². The van der Waals surface area contributed by atoms with Gasteiger partial charge in [-0.1, -0.05) is 54.4 Å². The summed E-state index contributed by atoms with van der Waals surface area (Å²) in [6.07, 6.45) is -1.29. The molecule has 7 nitrogen and oxygen atoms in total. The Bertz CT molecular complexity index is 1230. The fraction of sp³-hybridized carbons (Fsp3) is 0.481. The van der Waals surface area contributed by atoms with Crippen LogP contribution >= 0.6 is 23.2 Å². The largest absolute Gasteiger partial charge is 0.356 e. The third kappa shape index (κ3) is 6.85. The highest BCUT2D eigenvalue weighted by molar-refractivity contribution is 7.92. The SMILES string of the molecule is CC[C@@H](CS(=O)(=O)C(C)(C)C)N1C(=O)[C@H](CNC(C)=O)O[C@H](c2cccc(Cl)c2)[C@H]1c1ccc(Cl)cc1. The molecule has 0 unspecified atom stereocenters. The van der Waals surface area contributed by atoms with Crippen molar-refractivity contribution in [1.29, 1.82) is 0 Å². The molecular formula is C27H34Cl2N2O5S. The van der Waals surface area contributed by atoms with Crippen molar-refractivity contribution in [2.24, 2.45) is 0 Å². The number of benzene rings is 2. The summed E-state index contributed by atoms with van der Waals surface area (Å²) in [6, 6.07) is 13.0. The lowest BCUT2D eigenvalue weighted by Crippen LogP contribution is -2.58. The minimum absolute atomic E-state index is 0.0441. The third-order valence-corrected chi connectivity index (χ3v) is 9.74. The molecule has 1 saturated heterocycles. The van der Waals surface area contributed by atoms with Crippen molar-refractivity contribution in [2.45, 2.75) is 70.1 Å². The highest BCUT2D eigenvalue weighted by atomic mass is 35.5. The number of hydrogen-bond acceptors (Lipinski definition) is 5. The van der Waals surface area contributed by atoms with E-state index in [9.17, 15) is 18.0 Å². The highest BCUT2D eigenvalue weighted by Gasteiger charge is 2.48. The number of carbonyl (C=O) groups is 2. The normalized spacial score (nSPS) is 21.5. The minimum Gasteiger partial charge on any atom is -0.356 e. The van der Waals surface area contributed by atoms with E-state index in [1.54, 1.807) is 56.0 Å². The molecule has 0 aliphatic carbocycles. The molecule has 2 amide bonds. The van der Waals surface area contributed by atoms with Crippen LogP contribution in [-0.4, -0.2) is 54.3 Å². The Morgan fingerprint density at radius 1 is 1.08 bits per heavy atom. The van der Waals surface area contributed by atoms with Crippen molar-refractivity contribution in [3.63, 3.8) is 0 Å². The second kappa shape index (κ2) is 11.7. The van der Waals surface area contributed by atoms with Gasteiger partial charge in [0.1, 0.15) is 6.10 Å². The second-order valence-corrected chi connectivity index (χ2v) is 13.9. The van der Waals surface area contributed by atoms with Gasteiger partial charge in [-0.3, -0.25) is 9.59 Å². The molecule has 0 saturated carbocycles. The quantitative estimate of drug-likeness (QED) is 0.476. The Kier molecular flexibility index (Phi) is 9.32. The minimum atomic E-state index is -3.57. The van der Waals surface area contributed by atoms with Crippen molar-refractivity contribution in [1.82, 2.24) is 10.2 Å². The van der Waals surface area contributed by atoms with E-state index in [-0.39, 0.29) is 24.1 Å². The summed E-state index contributed by atoms with van der Waals surface area (Å²) in [5, 5.41) is 3.70. The first-order valence-corrected chi connectivity index (χ1v) is 14.6. The monoisotopic (exact) mass is 568 g/mol. The van der Waals surface area contributed by atoms with Gasteiger partial charge in [0.15, 0.2) is 15.9 Å². The van der Waals surface area contributed by atoms with E-state index < -0.39 is 38.9 Å². The second-order valence-electron chi connectivity index (χ2n) is 10.2. The molecule has 1 fully saturated rings. The van der Waals surface area contributed by atoms with Crippen molar-refractivity contribution >= 4 is 44.9 Å². The maximum atomic E-state index is 14.0. The van der Waals surface area contributed by atoms with Gasteiger partial charge in [-0.2, -0.15) is 0 Å². The Morgan fingerprint density at radius 3 is 2.27 bits per heavy atom. The number of hydrogen-bond donors (Lipinski definition) is 1. The summed E-state index contributed by atoms with van der Waals surface area (Å²) in [6.45, 7) is 8.14. The summed E-state index contributed by atoms with van der Waals surface area (Å²) in [7, 11) is -3.57. The molecule has 3 rings (SSSR count). The third-order valence-electron chi connectivity index (χ3n) is 6.56. The van der Waals surface area contributed by atoms with E-state index in [4.69, 9.17) is 27.9 Å². The number of ether oxygens (including phenoxy) is 1. The Hall–Kier alpha value is -2.13. The number of morpholine rings is 1. The lowest BCUT2D eigenvalue weighted by atomic mass is 9.90. The zero-order valence-corrected chi connectivity index (χ0v) is 24.0. The average molecular weight is 570 g/mol. The van der Waals surface area contributed by atoms with Crippen LogP contribution in [0.25, 0.3) is 0 Å². The average Bonchev–Trinajstić information content (AvgIpc) is 2.81. The predicted octanol–water partition coefficient (Wildman–Crippen LogP) is 5.13. The van der Waals surface area contributed by atoms with Crippen LogP contribution in [0.3, 0.4) is 0 Å². The van der Waals surface area contributed by atoms with Gasteiger partial charge in [-0.05, 0) is 62.6 Å². The number of nitrogens with zero attached hydrogens (tertiary/aromatic N) is 1. The molecule has 1 aliphatic rings. The standard InChI is InChI=1S/C27H34Cl2N2O5S/c1-6-22(16-37(34,35)27(3,4)5)31-24(18-10-12-20(28)13-11-18)25(19-8-7-9-21(29)14-19)36-23(26(31)33)15-30-17(2)32/h7-14,22-25H,6,15-16H2,1-5H3,(H,30,32)/t22-,23-,24+,25+/m0/s1. The first kappa shape index (κ1) is 29.4. The Morgan fingerprint density at radius 2 is 1.73 bits per heavy atom. The number of nitrogens with one attached hydrogen (secondary N) is 1. The molecule has 1 heterocycles. The number of carbonyl (C=O) groups excluding carboxylic acids is 2. The van der Waals surface area contributed by atoms with Crippen molar-refractivity contribution < 1.29 is 22.7 Å². The van der Waals surface area contributed by atoms with Crippen LogP contribution in [0.4, 0.5) is 0 Å². The van der Waals surface area contributed by atoms with E-state index in [1.165, 1.54) is 6.92 Å². The van der Waals surface area contributed by atoms with Gasteiger partial charge < -0.3 is 15.0 Å². The lowest BCUT2D eigenvalue weighted by Gasteiger charge is -2.48. The Labute approximate surface area is 229 Å². The van der Waals surface area contributed by atoms with Crippen LogP contribution in [0, 0.1) is 0 Å². The number of amides is 2. The molecule has 10 heteroatoms. The van der Waals surface area contributed by atoms with Crippen molar-refractivity contribution in [3.05, 3.63) is 69.7 Å². The number of sulfone groups is 1. The van der Waals surface area contributed by atoms with Crippen molar-refractivity contribution in [3.8, 4) is 0 Å². The van der Waals surface area contributed by atoms with E-state index in [0.717, 1.165) is 11.1 Å². The van der Waals surface area contributed by atoms with Crippen LogP contribution in [0.5, 0.6) is 0 Å². The fourth-order valence-corrected chi connectivity index (χ4v) is 6.10. The van der Waals surface area contributed by atoms with E-state index in [1.807, 2.05) is 25.1 Å². The van der Waals surface area contributed by atoms with Crippen LogP contribution in [-0.2, 0) is 24.2 Å². The highest BCUT2D eigenvalue weighted by Crippen LogP contribution is 2.44. The smallest absolute Gasteiger partial charge is 0.254 e. The van der Waals surface area contributed by atoms with Gasteiger partial charge in [0.25, 0.3) is 5.91 Å².